The van der Waals surface area contributed by atoms with Crippen LogP contribution in [0.4, 0.5) is 0 Å². The Bertz CT molecular complexity index is 897. The van der Waals surface area contributed by atoms with Crippen molar-refractivity contribution < 1.29 is 12.6 Å². The first-order valence-corrected chi connectivity index (χ1v) is 8.51. The molecule has 4 heteroatoms. The molecule has 0 aliphatic rings. The molecule has 0 fully saturated rings. The van der Waals surface area contributed by atoms with Gasteiger partial charge in [0, 0.05) is 0 Å². The third kappa shape index (κ3) is 2.97. The predicted octanol–water partition coefficient (Wildman–Crippen LogP) is 4.17. The molecule has 112 valence electrons. The number of benzene rings is 3. The maximum atomic E-state index is 12.4. The Morgan fingerprint density at radius 2 is 1.55 bits per heavy atom. The van der Waals surface area contributed by atoms with Gasteiger partial charge < -0.3 is 4.18 Å². The summed E-state index contributed by atoms with van der Waals surface area (Å²) in [5, 5.41) is 1.86. The molecule has 3 aromatic rings. The van der Waals surface area contributed by atoms with Gasteiger partial charge in [-0.05, 0) is 47.0 Å². The van der Waals surface area contributed by atoms with Crippen LogP contribution in [-0.2, 0) is 16.5 Å². The minimum atomic E-state index is -3.82. The summed E-state index contributed by atoms with van der Waals surface area (Å²) in [6.45, 7) is 2.04. The Morgan fingerprint density at radius 3 is 2.23 bits per heavy atom. The fourth-order valence-corrected chi connectivity index (χ4v) is 3.25. The molecular formula is C18H16O3S. The van der Waals surface area contributed by atoms with Crippen LogP contribution in [0.15, 0.2) is 71.6 Å². The molecule has 22 heavy (non-hydrogen) atoms. The molecule has 0 N–H and O–H groups in total. The van der Waals surface area contributed by atoms with Crippen molar-refractivity contribution in [3.63, 3.8) is 0 Å². The smallest absolute Gasteiger partial charge is 0.339 e. The molecule has 3 aromatic carbocycles. The van der Waals surface area contributed by atoms with Gasteiger partial charge in [0.2, 0.25) is 0 Å². The fourth-order valence-electron chi connectivity index (χ4n) is 2.28. The van der Waals surface area contributed by atoms with E-state index < -0.39 is 10.1 Å². The molecule has 0 amide bonds. The fraction of sp³-hybridized carbons (Fsp3) is 0.111. The van der Waals surface area contributed by atoms with Crippen LogP contribution in [-0.4, -0.2) is 8.42 Å². The summed E-state index contributed by atoms with van der Waals surface area (Å²) in [5.41, 5.74) is 1.13. The monoisotopic (exact) mass is 312 g/mol. The molecule has 0 spiro atoms. The lowest BCUT2D eigenvalue weighted by atomic mass is 10.1. The summed E-state index contributed by atoms with van der Waals surface area (Å²) in [5.74, 6) is 0.324. The third-order valence-corrected chi connectivity index (χ3v) is 4.79. The third-order valence-electron chi connectivity index (χ3n) is 3.55. The van der Waals surface area contributed by atoms with Crippen LogP contribution >= 0.6 is 0 Å². The highest BCUT2D eigenvalue weighted by Gasteiger charge is 2.17. The zero-order valence-corrected chi connectivity index (χ0v) is 13.0. The van der Waals surface area contributed by atoms with E-state index in [9.17, 15) is 8.42 Å². The Balaban J connectivity index is 1.93. The summed E-state index contributed by atoms with van der Waals surface area (Å²) >= 11 is 0. The Hall–Kier alpha value is -2.33. The predicted molar refractivity (Wildman–Crippen MR) is 87.6 cm³/mol. The number of aryl methyl sites for hydroxylation is 1. The van der Waals surface area contributed by atoms with Gasteiger partial charge in [0.15, 0.2) is 0 Å². The van der Waals surface area contributed by atoms with E-state index in [0.29, 0.717) is 5.75 Å². The molecule has 0 radical (unpaired) electrons. The van der Waals surface area contributed by atoms with Crippen LogP contribution in [0.25, 0.3) is 10.8 Å². The Kier molecular flexibility index (Phi) is 3.86. The van der Waals surface area contributed by atoms with Crippen LogP contribution in [0.2, 0.25) is 0 Å². The lowest BCUT2D eigenvalue weighted by molar-refractivity contribution is 0.486. The van der Waals surface area contributed by atoms with Gasteiger partial charge in [0.1, 0.15) is 10.6 Å². The van der Waals surface area contributed by atoms with E-state index in [0.717, 1.165) is 22.8 Å². The second-order valence-corrected chi connectivity index (χ2v) is 6.59. The van der Waals surface area contributed by atoms with E-state index in [1.807, 2.05) is 43.3 Å². The molecular weight excluding hydrogens is 296 g/mol. The van der Waals surface area contributed by atoms with Crippen molar-refractivity contribution in [1.82, 2.24) is 0 Å². The second-order valence-electron chi connectivity index (χ2n) is 5.04. The summed E-state index contributed by atoms with van der Waals surface area (Å²) < 4.78 is 30.0. The van der Waals surface area contributed by atoms with E-state index >= 15 is 0 Å². The molecule has 0 atom stereocenters. The van der Waals surface area contributed by atoms with E-state index in [4.69, 9.17) is 4.18 Å². The zero-order chi connectivity index (χ0) is 15.6. The van der Waals surface area contributed by atoms with Gasteiger partial charge in [-0.2, -0.15) is 8.42 Å². The number of rotatable bonds is 4. The van der Waals surface area contributed by atoms with Gasteiger partial charge in [-0.1, -0.05) is 49.4 Å². The first kappa shape index (κ1) is 14.6. The minimum Gasteiger partial charge on any atom is -0.379 e. The normalized spacial score (nSPS) is 11.5. The van der Waals surface area contributed by atoms with Gasteiger partial charge in [-0.3, -0.25) is 0 Å². The molecule has 3 nitrogen and oxygen atoms in total. The summed E-state index contributed by atoms with van der Waals surface area (Å²) in [6.07, 6.45) is 0.901. The highest BCUT2D eigenvalue weighted by molar-refractivity contribution is 7.87. The lowest BCUT2D eigenvalue weighted by Gasteiger charge is -2.08. The quantitative estimate of drug-likeness (QED) is 0.679. The van der Waals surface area contributed by atoms with Gasteiger partial charge in [-0.25, -0.2) is 0 Å². The van der Waals surface area contributed by atoms with Crippen LogP contribution in [0.3, 0.4) is 0 Å². The molecule has 0 aliphatic heterocycles. The highest BCUT2D eigenvalue weighted by Crippen LogP contribution is 2.23. The Labute approximate surface area is 130 Å². The molecule has 0 bridgehead atoms. The topological polar surface area (TPSA) is 43.4 Å². The largest absolute Gasteiger partial charge is 0.379 e. The van der Waals surface area contributed by atoms with Crippen LogP contribution in [0.5, 0.6) is 5.75 Å². The van der Waals surface area contributed by atoms with Crippen LogP contribution in [0.1, 0.15) is 12.5 Å². The van der Waals surface area contributed by atoms with E-state index in [1.165, 1.54) is 0 Å². The van der Waals surface area contributed by atoms with Crippen molar-refractivity contribution >= 4 is 20.9 Å². The van der Waals surface area contributed by atoms with Gasteiger partial charge in [0.25, 0.3) is 0 Å². The maximum absolute atomic E-state index is 12.4. The lowest BCUT2D eigenvalue weighted by Crippen LogP contribution is -2.09. The van der Waals surface area contributed by atoms with Crippen molar-refractivity contribution in [2.45, 2.75) is 18.2 Å². The van der Waals surface area contributed by atoms with Gasteiger partial charge in [-0.15, -0.1) is 0 Å². The van der Waals surface area contributed by atoms with Crippen molar-refractivity contribution in [1.29, 1.82) is 0 Å². The highest BCUT2D eigenvalue weighted by atomic mass is 32.2. The average Bonchev–Trinajstić information content (AvgIpc) is 2.55. The number of hydrogen-bond donors (Lipinski definition) is 0. The first-order chi connectivity index (χ1) is 10.6. The van der Waals surface area contributed by atoms with Crippen molar-refractivity contribution in [3.05, 3.63) is 72.3 Å². The molecule has 0 aliphatic carbocycles. The van der Waals surface area contributed by atoms with E-state index in [1.54, 1.807) is 30.3 Å². The first-order valence-electron chi connectivity index (χ1n) is 7.11. The molecule has 0 saturated heterocycles. The standard InChI is InChI=1S/C18H16O3S/c1-2-14-7-10-17(11-8-14)21-22(19,20)18-12-9-15-5-3-4-6-16(15)13-18/h3-13H,2H2,1H3. The van der Waals surface area contributed by atoms with Crippen molar-refractivity contribution in [3.8, 4) is 5.75 Å². The molecule has 0 heterocycles. The minimum absolute atomic E-state index is 0.158. The maximum Gasteiger partial charge on any atom is 0.339 e. The zero-order valence-electron chi connectivity index (χ0n) is 12.2. The van der Waals surface area contributed by atoms with Gasteiger partial charge in [0.05, 0.1) is 0 Å². The van der Waals surface area contributed by atoms with Gasteiger partial charge >= 0.3 is 10.1 Å². The molecule has 0 saturated carbocycles. The SMILES string of the molecule is CCc1ccc(OS(=O)(=O)c2ccc3ccccc3c2)cc1. The van der Waals surface area contributed by atoms with Crippen molar-refractivity contribution in [2.75, 3.05) is 0 Å². The molecule has 0 aromatic heterocycles. The van der Waals surface area contributed by atoms with E-state index in [2.05, 4.69) is 0 Å². The van der Waals surface area contributed by atoms with Crippen LogP contribution in [0, 0.1) is 0 Å². The second kappa shape index (κ2) is 5.81. The number of hydrogen-bond acceptors (Lipinski definition) is 3. The summed E-state index contributed by atoms with van der Waals surface area (Å²) in [6, 6.07) is 19.7. The summed E-state index contributed by atoms with van der Waals surface area (Å²) in [4.78, 5) is 0.158. The average molecular weight is 312 g/mol. The van der Waals surface area contributed by atoms with E-state index in [-0.39, 0.29) is 4.90 Å². The van der Waals surface area contributed by atoms with Crippen LogP contribution < -0.4 is 4.18 Å². The summed E-state index contributed by atoms with van der Waals surface area (Å²) in [7, 11) is -3.82. The van der Waals surface area contributed by atoms with Crippen molar-refractivity contribution in [2.24, 2.45) is 0 Å². The molecule has 3 rings (SSSR count). The Morgan fingerprint density at radius 1 is 0.864 bits per heavy atom. The molecule has 0 unspecified atom stereocenters. The number of fused-ring (bicyclic) bond motifs is 1.